The van der Waals surface area contributed by atoms with Crippen molar-refractivity contribution in [1.82, 2.24) is 10.2 Å². The molecule has 1 aliphatic carbocycles. The van der Waals surface area contributed by atoms with E-state index in [-0.39, 0.29) is 12.2 Å². The van der Waals surface area contributed by atoms with Crippen LogP contribution in [0.4, 0.5) is 0 Å². The predicted octanol–water partition coefficient (Wildman–Crippen LogP) is 2.42. The quantitative estimate of drug-likeness (QED) is 0.893. The number of carbonyl (C=O) groups excluding carboxylic acids is 1. The van der Waals surface area contributed by atoms with Gasteiger partial charge in [0.1, 0.15) is 0 Å². The second-order valence-electron chi connectivity index (χ2n) is 6.53. The molecule has 2 fully saturated rings. The number of amides is 1. The summed E-state index contributed by atoms with van der Waals surface area (Å²) >= 11 is 0. The van der Waals surface area contributed by atoms with Crippen LogP contribution in [0, 0.1) is 11.8 Å². The Balaban J connectivity index is 1.71. The van der Waals surface area contributed by atoms with Crippen LogP contribution in [0.25, 0.3) is 0 Å². The first-order chi connectivity index (χ1) is 9.65. The zero-order valence-corrected chi connectivity index (χ0v) is 12.4. The Morgan fingerprint density at radius 1 is 1.25 bits per heavy atom. The van der Waals surface area contributed by atoms with E-state index in [2.05, 4.69) is 36.2 Å². The molecule has 3 nitrogen and oxygen atoms in total. The Morgan fingerprint density at radius 3 is 2.55 bits per heavy atom. The number of carbonyl (C=O) groups is 1. The van der Waals surface area contributed by atoms with Gasteiger partial charge in [0, 0.05) is 6.54 Å². The minimum Gasteiger partial charge on any atom is -0.325 e. The summed E-state index contributed by atoms with van der Waals surface area (Å²) < 4.78 is 0. The van der Waals surface area contributed by atoms with Gasteiger partial charge in [-0.25, -0.2) is 0 Å². The third kappa shape index (κ3) is 2.88. The van der Waals surface area contributed by atoms with Gasteiger partial charge in [-0.05, 0) is 36.7 Å². The molecular formula is C17H24N2O. The monoisotopic (exact) mass is 272 g/mol. The number of hydrogen-bond acceptors (Lipinski definition) is 2. The van der Waals surface area contributed by atoms with Crippen molar-refractivity contribution in [1.29, 1.82) is 0 Å². The molecule has 2 unspecified atom stereocenters. The lowest BCUT2D eigenvalue weighted by Crippen LogP contribution is -2.42. The SMILES string of the molecule is CC(C)C1NC(Cc2ccccc2)C(=O)N1CC1CC1. The normalized spacial score (nSPS) is 26.6. The summed E-state index contributed by atoms with van der Waals surface area (Å²) in [6, 6.07) is 10.2. The zero-order chi connectivity index (χ0) is 14.1. The Morgan fingerprint density at radius 2 is 1.95 bits per heavy atom. The van der Waals surface area contributed by atoms with Crippen molar-refractivity contribution in [2.75, 3.05) is 6.54 Å². The molecule has 1 aromatic carbocycles. The Kier molecular flexibility index (Phi) is 3.79. The summed E-state index contributed by atoms with van der Waals surface area (Å²) in [7, 11) is 0. The van der Waals surface area contributed by atoms with E-state index in [1.54, 1.807) is 0 Å². The van der Waals surface area contributed by atoms with Crippen LogP contribution < -0.4 is 5.32 Å². The highest BCUT2D eigenvalue weighted by Crippen LogP contribution is 2.32. The van der Waals surface area contributed by atoms with Crippen LogP contribution in [0.5, 0.6) is 0 Å². The molecule has 20 heavy (non-hydrogen) atoms. The van der Waals surface area contributed by atoms with E-state index in [9.17, 15) is 4.79 Å². The predicted molar refractivity (Wildman–Crippen MR) is 80.1 cm³/mol. The molecule has 0 bridgehead atoms. The van der Waals surface area contributed by atoms with Gasteiger partial charge in [0.05, 0.1) is 12.2 Å². The lowest BCUT2D eigenvalue weighted by Gasteiger charge is -2.27. The topological polar surface area (TPSA) is 32.3 Å². The molecule has 108 valence electrons. The third-order valence-corrected chi connectivity index (χ3v) is 4.35. The number of nitrogens with zero attached hydrogens (tertiary/aromatic N) is 1. The summed E-state index contributed by atoms with van der Waals surface area (Å²) in [5.74, 6) is 1.50. The molecule has 1 aliphatic heterocycles. The lowest BCUT2D eigenvalue weighted by atomic mass is 10.1. The summed E-state index contributed by atoms with van der Waals surface area (Å²) in [5.41, 5.74) is 1.23. The van der Waals surface area contributed by atoms with Crippen molar-refractivity contribution >= 4 is 5.91 Å². The smallest absolute Gasteiger partial charge is 0.241 e. The Labute approximate surface area is 121 Å². The maximum atomic E-state index is 12.7. The van der Waals surface area contributed by atoms with Crippen LogP contribution in [0.15, 0.2) is 30.3 Å². The molecule has 3 heteroatoms. The first kappa shape index (κ1) is 13.6. The molecule has 1 heterocycles. The van der Waals surface area contributed by atoms with E-state index in [1.165, 1.54) is 18.4 Å². The lowest BCUT2D eigenvalue weighted by molar-refractivity contribution is -0.130. The molecule has 1 saturated carbocycles. The molecule has 1 saturated heterocycles. The Bertz CT molecular complexity index is 467. The largest absolute Gasteiger partial charge is 0.325 e. The summed E-state index contributed by atoms with van der Waals surface area (Å²) in [6.07, 6.45) is 3.58. The van der Waals surface area contributed by atoms with Crippen molar-refractivity contribution in [3.63, 3.8) is 0 Å². The molecule has 1 aromatic rings. The van der Waals surface area contributed by atoms with Gasteiger partial charge in [0.25, 0.3) is 0 Å². The minimum atomic E-state index is -0.0523. The van der Waals surface area contributed by atoms with Gasteiger partial charge in [-0.15, -0.1) is 0 Å². The first-order valence-corrected chi connectivity index (χ1v) is 7.75. The van der Waals surface area contributed by atoms with Crippen LogP contribution in [-0.2, 0) is 11.2 Å². The van der Waals surface area contributed by atoms with Crippen LogP contribution in [0.2, 0.25) is 0 Å². The highest BCUT2D eigenvalue weighted by molar-refractivity contribution is 5.84. The molecule has 0 spiro atoms. The van der Waals surface area contributed by atoms with E-state index < -0.39 is 0 Å². The van der Waals surface area contributed by atoms with Crippen molar-refractivity contribution < 1.29 is 4.79 Å². The van der Waals surface area contributed by atoms with Gasteiger partial charge in [-0.1, -0.05) is 44.2 Å². The first-order valence-electron chi connectivity index (χ1n) is 7.75. The molecule has 1 N–H and O–H groups in total. The fourth-order valence-corrected chi connectivity index (χ4v) is 3.04. The van der Waals surface area contributed by atoms with Gasteiger partial charge in [0.2, 0.25) is 5.91 Å². The van der Waals surface area contributed by atoms with Crippen LogP contribution in [0.3, 0.4) is 0 Å². The van der Waals surface area contributed by atoms with E-state index >= 15 is 0 Å². The van der Waals surface area contributed by atoms with Gasteiger partial charge >= 0.3 is 0 Å². The van der Waals surface area contributed by atoms with E-state index in [4.69, 9.17) is 0 Å². The second kappa shape index (κ2) is 5.57. The van der Waals surface area contributed by atoms with Crippen molar-refractivity contribution in [2.45, 2.75) is 45.3 Å². The summed E-state index contributed by atoms with van der Waals surface area (Å²) in [5, 5.41) is 3.55. The van der Waals surface area contributed by atoms with Crippen LogP contribution in [-0.4, -0.2) is 29.6 Å². The van der Waals surface area contributed by atoms with Gasteiger partial charge in [-0.3, -0.25) is 10.1 Å². The molecule has 3 rings (SSSR count). The van der Waals surface area contributed by atoms with E-state index in [0.717, 1.165) is 18.9 Å². The molecule has 2 aliphatic rings. The van der Waals surface area contributed by atoms with Crippen LogP contribution >= 0.6 is 0 Å². The summed E-state index contributed by atoms with van der Waals surface area (Å²) in [4.78, 5) is 14.7. The molecule has 2 atom stereocenters. The fraction of sp³-hybridized carbons (Fsp3) is 0.588. The van der Waals surface area contributed by atoms with Crippen molar-refractivity contribution in [3.8, 4) is 0 Å². The van der Waals surface area contributed by atoms with Gasteiger partial charge < -0.3 is 4.90 Å². The van der Waals surface area contributed by atoms with Gasteiger partial charge in [0.15, 0.2) is 0 Å². The highest BCUT2D eigenvalue weighted by Gasteiger charge is 2.42. The molecule has 1 amide bonds. The maximum absolute atomic E-state index is 12.7. The third-order valence-electron chi connectivity index (χ3n) is 4.35. The van der Waals surface area contributed by atoms with Crippen molar-refractivity contribution in [3.05, 3.63) is 35.9 Å². The van der Waals surface area contributed by atoms with Crippen LogP contribution in [0.1, 0.15) is 32.3 Å². The standard InChI is InChI=1S/C17H24N2O/c1-12(2)16-18-15(10-13-6-4-3-5-7-13)17(20)19(16)11-14-8-9-14/h3-7,12,14-16,18H,8-11H2,1-2H3. The second-order valence-corrected chi connectivity index (χ2v) is 6.53. The number of benzene rings is 1. The highest BCUT2D eigenvalue weighted by atomic mass is 16.2. The van der Waals surface area contributed by atoms with E-state index in [0.29, 0.717) is 11.8 Å². The molecule has 0 aromatic heterocycles. The fourth-order valence-electron chi connectivity index (χ4n) is 3.04. The number of rotatable bonds is 5. The van der Waals surface area contributed by atoms with Crippen molar-refractivity contribution in [2.24, 2.45) is 11.8 Å². The number of nitrogens with one attached hydrogen (secondary N) is 1. The molecule has 0 radical (unpaired) electrons. The van der Waals surface area contributed by atoms with Gasteiger partial charge in [-0.2, -0.15) is 0 Å². The maximum Gasteiger partial charge on any atom is 0.241 e. The van der Waals surface area contributed by atoms with E-state index in [1.807, 2.05) is 18.2 Å². The zero-order valence-electron chi connectivity index (χ0n) is 12.4. The minimum absolute atomic E-state index is 0.0523. The number of hydrogen-bond donors (Lipinski definition) is 1. The average Bonchev–Trinajstić information content (AvgIpc) is 3.20. The average molecular weight is 272 g/mol. The Hall–Kier alpha value is -1.35. The summed E-state index contributed by atoms with van der Waals surface area (Å²) in [6.45, 7) is 5.32. The molecular weight excluding hydrogens is 248 g/mol.